The molecule has 0 bridgehead atoms. The molecule has 2 saturated heterocycles. The van der Waals surface area contributed by atoms with Crippen molar-refractivity contribution in [2.24, 2.45) is 0 Å². The van der Waals surface area contributed by atoms with Crippen molar-refractivity contribution in [1.82, 2.24) is 5.32 Å². The minimum Gasteiger partial charge on any atom is -0.394 e. The quantitative estimate of drug-likeness (QED) is 0.0204. The van der Waals surface area contributed by atoms with E-state index >= 15 is 0 Å². The van der Waals surface area contributed by atoms with Gasteiger partial charge in [0.25, 0.3) is 0 Å². The fourth-order valence-corrected chi connectivity index (χ4v) is 12.7. The van der Waals surface area contributed by atoms with Crippen molar-refractivity contribution in [1.29, 1.82) is 0 Å². The lowest BCUT2D eigenvalue weighted by Gasteiger charge is -2.46. The van der Waals surface area contributed by atoms with Crippen molar-refractivity contribution in [2.75, 3.05) is 19.8 Å². The van der Waals surface area contributed by atoms with Gasteiger partial charge in [-0.3, -0.25) is 4.79 Å². The summed E-state index contributed by atoms with van der Waals surface area (Å²) in [6, 6.07) is -0.935. The minimum absolute atomic E-state index is 0.245. The zero-order chi connectivity index (χ0) is 68.0. The van der Waals surface area contributed by atoms with Crippen LogP contribution in [0.5, 0.6) is 0 Å². The van der Waals surface area contributed by atoms with Crippen LogP contribution < -0.4 is 5.32 Å². The first kappa shape index (κ1) is 87.5. The highest BCUT2D eigenvalue weighted by molar-refractivity contribution is 5.76. The van der Waals surface area contributed by atoms with Crippen molar-refractivity contribution in [3.8, 4) is 0 Å². The summed E-state index contributed by atoms with van der Waals surface area (Å²) in [5.41, 5.74) is 0. The highest BCUT2D eigenvalue weighted by Crippen LogP contribution is 2.30. The molecule has 1 amide bonds. The van der Waals surface area contributed by atoms with E-state index in [1.807, 2.05) is 6.08 Å². The van der Waals surface area contributed by atoms with Gasteiger partial charge in [-0.05, 0) is 70.6 Å². The summed E-state index contributed by atoms with van der Waals surface area (Å²) in [6.45, 7) is 2.72. The standard InChI is InChI=1S/C80H145NO13/c1-3-5-7-9-11-13-15-17-19-21-23-25-27-29-31-33-34-36-38-40-42-44-46-48-50-52-54-56-58-60-62-64-72(85)81-68(67-91-79-77(90)75(88)78(71(66-83)93-79)94-80-76(89)74(87)73(86)70(65-82)92-80)69(84)63-61-59-57-55-53-51-49-47-45-43-41-39-37-35-32-30-28-26-24-22-20-18-16-14-12-10-8-6-4-2/h5,7,11,13,17,19,23,25,53,55,61,63,68-71,73-80,82-84,86-90H,3-4,6,8-10,12,14-16,18,20-22,24,26-52,54,56-60,62,64-67H2,1-2H3,(H,81,85)/b7-5-,13-11-,19-17-,25-23-,55-53+,63-61+. The van der Waals surface area contributed by atoms with Crippen LogP contribution in [0, 0.1) is 0 Å². The smallest absolute Gasteiger partial charge is 0.220 e. The molecule has 2 fully saturated rings. The lowest BCUT2D eigenvalue weighted by Crippen LogP contribution is -2.65. The molecule has 94 heavy (non-hydrogen) atoms. The van der Waals surface area contributed by atoms with Crippen LogP contribution >= 0.6 is 0 Å². The third-order valence-electron chi connectivity index (χ3n) is 18.9. The van der Waals surface area contributed by atoms with E-state index in [-0.39, 0.29) is 18.9 Å². The third-order valence-corrected chi connectivity index (χ3v) is 18.9. The van der Waals surface area contributed by atoms with Crippen LogP contribution in [-0.2, 0) is 23.7 Å². The van der Waals surface area contributed by atoms with Crippen LogP contribution in [0.25, 0.3) is 0 Å². The molecule has 0 spiro atoms. The minimum atomic E-state index is -1.79. The summed E-state index contributed by atoms with van der Waals surface area (Å²) in [5.74, 6) is -0.245. The number of ether oxygens (including phenoxy) is 4. The Bertz CT molecular complexity index is 1860. The zero-order valence-electron chi connectivity index (χ0n) is 60.0. The molecule has 0 aliphatic carbocycles. The van der Waals surface area contributed by atoms with Crippen LogP contribution in [-0.4, -0.2) is 140 Å². The van der Waals surface area contributed by atoms with E-state index in [1.54, 1.807) is 6.08 Å². The SMILES string of the molecule is CC/C=C\C/C=C\C/C=C\C/C=C\CCCCCCCCCCCCCCCCCCCCC(=O)NC(COC1OC(CO)C(OC2OC(CO)C(O)C(O)C2O)C(O)C1O)C(O)/C=C/CC/C=C/CCCCCCCCCCCCCCCCCCCCCCCCC. The van der Waals surface area contributed by atoms with Gasteiger partial charge in [-0.1, -0.05) is 331 Å². The third kappa shape index (κ3) is 46.7. The van der Waals surface area contributed by atoms with Crippen LogP contribution in [0.4, 0.5) is 0 Å². The number of allylic oxidation sites excluding steroid dienone is 11. The van der Waals surface area contributed by atoms with E-state index in [4.69, 9.17) is 18.9 Å². The Morgan fingerprint density at radius 1 is 0.394 bits per heavy atom. The molecule has 14 heteroatoms. The van der Waals surface area contributed by atoms with Crippen molar-refractivity contribution in [2.45, 2.75) is 408 Å². The maximum Gasteiger partial charge on any atom is 0.220 e. The second kappa shape index (κ2) is 63.8. The van der Waals surface area contributed by atoms with E-state index in [9.17, 15) is 45.6 Å². The van der Waals surface area contributed by atoms with Gasteiger partial charge < -0.3 is 65.1 Å². The number of hydrogen-bond donors (Lipinski definition) is 9. The van der Waals surface area contributed by atoms with Gasteiger partial charge in [0.15, 0.2) is 12.6 Å². The Morgan fingerprint density at radius 3 is 1.17 bits per heavy atom. The van der Waals surface area contributed by atoms with Crippen LogP contribution in [0.15, 0.2) is 72.9 Å². The van der Waals surface area contributed by atoms with Crippen LogP contribution in [0.1, 0.15) is 335 Å². The second-order valence-electron chi connectivity index (χ2n) is 27.4. The largest absolute Gasteiger partial charge is 0.394 e. The van der Waals surface area contributed by atoms with Gasteiger partial charge in [0.1, 0.15) is 48.8 Å². The van der Waals surface area contributed by atoms with Gasteiger partial charge in [-0.2, -0.15) is 0 Å². The Labute approximate surface area is 574 Å². The van der Waals surface area contributed by atoms with Crippen molar-refractivity contribution >= 4 is 5.91 Å². The maximum atomic E-state index is 13.4. The number of hydrogen-bond acceptors (Lipinski definition) is 13. The number of carbonyl (C=O) groups is 1. The molecule has 0 aromatic rings. The molecule has 548 valence electrons. The number of carbonyl (C=O) groups excluding carboxylic acids is 1. The first-order valence-corrected chi connectivity index (χ1v) is 39.2. The number of unbranched alkanes of at least 4 members (excludes halogenated alkanes) is 42. The summed E-state index contributed by atoms with van der Waals surface area (Å²) < 4.78 is 22.9. The van der Waals surface area contributed by atoms with Crippen LogP contribution in [0.3, 0.4) is 0 Å². The number of nitrogens with one attached hydrogen (secondary N) is 1. The highest BCUT2D eigenvalue weighted by Gasteiger charge is 2.51. The molecular formula is C80H145NO13. The zero-order valence-corrected chi connectivity index (χ0v) is 60.0. The number of rotatable bonds is 65. The van der Waals surface area contributed by atoms with E-state index in [1.165, 1.54) is 244 Å². The van der Waals surface area contributed by atoms with E-state index in [0.29, 0.717) is 12.8 Å². The predicted molar refractivity (Wildman–Crippen MR) is 387 cm³/mol. The first-order chi connectivity index (χ1) is 46.1. The maximum absolute atomic E-state index is 13.4. The Hall–Kier alpha value is -2.57. The summed E-state index contributed by atoms with van der Waals surface area (Å²) in [4.78, 5) is 13.4. The molecule has 0 radical (unpaired) electrons. The van der Waals surface area contributed by atoms with Gasteiger partial charge in [0.2, 0.25) is 5.91 Å². The predicted octanol–water partition coefficient (Wildman–Crippen LogP) is 17.4. The summed E-state index contributed by atoms with van der Waals surface area (Å²) >= 11 is 0. The van der Waals surface area contributed by atoms with Crippen molar-refractivity contribution in [3.05, 3.63) is 72.9 Å². The Kier molecular flexibility index (Phi) is 59.4. The lowest BCUT2D eigenvalue weighted by molar-refractivity contribution is -0.359. The lowest BCUT2D eigenvalue weighted by atomic mass is 9.97. The van der Waals surface area contributed by atoms with Crippen LogP contribution in [0.2, 0.25) is 0 Å². The van der Waals surface area contributed by atoms with Crippen molar-refractivity contribution in [3.63, 3.8) is 0 Å². The van der Waals surface area contributed by atoms with Gasteiger partial charge in [0.05, 0.1) is 32.0 Å². The number of amides is 1. The molecule has 0 aromatic carbocycles. The van der Waals surface area contributed by atoms with Gasteiger partial charge in [0, 0.05) is 6.42 Å². The average Bonchev–Trinajstić information content (AvgIpc) is 0.794. The molecule has 2 aliphatic rings. The van der Waals surface area contributed by atoms with Gasteiger partial charge >= 0.3 is 0 Å². The molecule has 2 rings (SSSR count). The van der Waals surface area contributed by atoms with E-state index in [2.05, 4.69) is 79.9 Å². The number of aliphatic hydroxyl groups excluding tert-OH is 8. The topological polar surface area (TPSA) is 228 Å². The average molecular weight is 1330 g/mol. The molecule has 0 aromatic heterocycles. The highest BCUT2D eigenvalue weighted by atomic mass is 16.7. The second-order valence-corrected chi connectivity index (χ2v) is 27.4. The molecule has 12 atom stereocenters. The van der Waals surface area contributed by atoms with Gasteiger partial charge in [-0.25, -0.2) is 0 Å². The fraction of sp³-hybridized carbons (Fsp3) is 0.838. The monoisotopic (exact) mass is 1330 g/mol. The Balaban J connectivity index is 1.64. The van der Waals surface area contributed by atoms with Crippen molar-refractivity contribution < 1.29 is 64.6 Å². The summed E-state index contributed by atoms with van der Waals surface area (Å²) in [5, 5.41) is 87.6. The summed E-state index contributed by atoms with van der Waals surface area (Å²) in [6.07, 6.45) is 71.2. The molecule has 12 unspecified atom stereocenters. The molecular weight excluding hydrogens is 1180 g/mol. The van der Waals surface area contributed by atoms with E-state index in [0.717, 1.165) is 57.8 Å². The molecule has 0 saturated carbocycles. The van der Waals surface area contributed by atoms with Gasteiger partial charge in [-0.15, -0.1) is 0 Å². The molecule has 9 N–H and O–H groups in total. The molecule has 2 aliphatic heterocycles. The fourth-order valence-electron chi connectivity index (χ4n) is 12.7. The number of aliphatic hydroxyl groups is 8. The normalized spacial score (nSPS) is 22.8. The Morgan fingerprint density at radius 2 is 0.745 bits per heavy atom. The first-order valence-electron chi connectivity index (χ1n) is 39.2. The summed E-state index contributed by atoms with van der Waals surface area (Å²) in [7, 11) is 0. The molecule has 2 heterocycles. The van der Waals surface area contributed by atoms with E-state index < -0.39 is 86.8 Å². The molecule has 14 nitrogen and oxygen atoms in total.